The van der Waals surface area contributed by atoms with Crippen LogP contribution in [-0.4, -0.2) is 8.42 Å². The zero-order chi connectivity index (χ0) is 15.3. The summed E-state index contributed by atoms with van der Waals surface area (Å²) in [6.07, 6.45) is 1.31. The Morgan fingerprint density at radius 3 is 2.33 bits per heavy atom. The van der Waals surface area contributed by atoms with E-state index >= 15 is 0 Å². The minimum Gasteiger partial charge on any atom is -0.223 e. The highest BCUT2D eigenvalue weighted by atomic mass is 35.5. The average molecular weight is 318 g/mol. The number of nitrogens with zero attached hydrogens (tertiary/aromatic N) is 1. The number of rotatable bonds is 4. The number of nitriles is 1. The number of hydrogen-bond acceptors (Lipinski definition) is 3. The van der Waals surface area contributed by atoms with Crippen LogP contribution in [0.2, 0.25) is 5.02 Å². The molecule has 0 aliphatic rings. The second kappa shape index (κ2) is 6.57. The van der Waals surface area contributed by atoms with Gasteiger partial charge in [0.15, 0.2) is 9.84 Å². The van der Waals surface area contributed by atoms with Crippen LogP contribution in [0.1, 0.15) is 11.1 Å². The molecular formula is C16H12ClNO2S. The van der Waals surface area contributed by atoms with E-state index < -0.39 is 9.84 Å². The molecule has 2 aromatic rings. The smallest absolute Gasteiger partial charge is 0.192 e. The van der Waals surface area contributed by atoms with Crippen molar-refractivity contribution in [1.29, 1.82) is 5.26 Å². The second-order valence-electron chi connectivity index (χ2n) is 4.39. The number of benzene rings is 2. The van der Waals surface area contributed by atoms with Gasteiger partial charge in [0.1, 0.15) is 11.0 Å². The van der Waals surface area contributed by atoms with Crippen molar-refractivity contribution in [2.24, 2.45) is 0 Å². The Balaban J connectivity index is 2.37. The fourth-order valence-electron chi connectivity index (χ4n) is 1.80. The molecule has 0 unspecified atom stereocenters. The van der Waals surface area contributed by atoms with Gasteiger partial charge in [-0.25, -0.2) is 8.42 Å². The van der Waals surface area contributed by atoms with Crippen molar-refractivity contribution in [2.45, 2.75) is 5.75 Å². The van der Waals surface area contributed by atoms with E-state index in [9.17, 15) is 8.42 Å². The Morgan fingerprint density at radius 1 is 1.10 bits per heavy atom. The van der Waals surface area contributed by atoms with Crippen LogP contribution in [-0.2, 0) is 15.6 Å². The van der Waals surface area contributed by atoms with Gasteiger partial charge >= 0.3 is 0 Å². The maximum Gasteiger partial charge on any atom is 0.192 e. The third kappa shape index (κ3) is 3.94. The molecule has 106 valence electrons. The van der Waals surface area contributed by atoms with E-state index in [1.807, 2.05) is 0 Å². The standard InChI is InChI=1S/C16H12ClNO2S/c17-16-9-5-4-8-14(16)10-15(11-18)21(19,20)12-13-6-2-1-3-7-13/h1-10H,12H2/b15-10-. The van der Waals surface area contributed by atoms with E-state index in [4.69, 9.17) is 16.9 Å². The van der Waals surface area contributed by atoms with Crippen LogP contribution in [0.25, 0.3) is 6.08 Å². The van der Waals surface area contributed by atoms with E-state index in [2.05, 4.69) is 0 Å². The van der Waals surface area contributed by atoms with Crippen LogP contribution in [0.15, 0.2) is 59.5 Å². The summed E-state index contributed by atoms with van der Waals surface area (Å²) in [7, 11) is -3.70. The summed E-state index contributed by atoms with van der Waals surface area (Å²) in [5.74, 6) is -0.211. The van der Waals surface area contributed by atoms with E-state index in [1.165, 1.54) is 6.08 Å². The lowest BCUT2D eigenvalue weighted by Gasteiger charge is -2.04. The normalized spacial score (nSPS) is 11.9. The highest BCUT2D eigenvalue weighted by Gasteiger charge is 2.18. The molecule has 0 aromatic heterocycles. The van der Waals surface area contributed by atoms with Gasteiger partial charge in [-0.3, -0.25) is 0 Å². The van der Waals surface area contributed by atoms with Crippen molar-refractivity contribution >= 4 is 27.5 Å². The topological polar surface area (TPSA) is 57.9 Å². The average Bonchev–Trinajstić information content (AvgIpc) is 2.46. The summed E-state index contributed by atoms with van der Waals surface area (Å²) >= 11 is 5.99. The van der Waals surface area contributed by atoms with Crippen molar-refractivity contribution in [1.82, 2.24) is 0 Å². The summed E-state index contributed by atoms with van der Waals surface area (Å²) < 4.78 is 24.6. The SMILES string of the molecule is N#C/C(=C/c1ccccc1Cl)S(=O)(=O)Cc1ccccc1. The van der Waals surface area contributed by atoms with Gasteiger partial charge in [-0.2, -0.15) is 5.26 Å². The molecule has 2 aromatic carbocycles. The molecule has 3 nitrogen and oxygen atoms in total. The Bertz CT molecular complexity index is 806. The van der Waals surface area contributed by atoms with Crippen molar-refractivity contribution in [3.05, 3.63) is 75.7 Å². The minimum absolute atomic E-state index is 0.211. The van der Waals surface area contributed by atoms with Crippen molar-refractivity contribution < 1.29 is 8.42 Å². The van der Waals surface area contributed by atoms with Gasteiger partial charge in [-0.05, 0) is 23.3 Å². The predicted molar refractivity (Wildman–Crippen MR) is 84.1 cm³/mol. The van der Waals surface area contributed by atoms with E-state index in [0.717, 1.165) is 0 Å². The Morgan fingerprint density at radius 2 is 1.71 bits per heavy atom. The van der Waals surface area contributed by atoms with Crippen LogP contribution in [0.3, 0.4) is 0 Å². The second-order valence-corrected chi connectivity index (χ2v) is 6.75. The van der Waals surface area contributed by atoms with Gasteiger partial charge in [0.25, 0.3) is 0 Å². The summed E-state index contributed by atoms with van der Waals surface area (Å²) in [5, 5.41) is 9.55. The number of hydrogen-bond donors (Lipinski definition) is 0. The summed E-state index contributed by atoms with van der Waals surface area (Å²) in [4.78, 5) is -0.292. The third-order valence-corrected chi connectivity index (χ3v) is 4.77. The molecule has 0 aliphatic heterocycles. The largest absolute Gasteiger partial charge is 0.223 e. The molecule has 0 saturated carbocycles. The first-order chi connectivity index (χ1) is 10.0. The molecule has 0 N–H and O–H groups in total. The molecular weight excluding hydrogens is 306 g/mol. The van der Waals surface area contributed by atoms with Crippen LogP contribution >= 0.6 is 11.6 Å². The zero-order valence-corrected chi connectivity index (χ0v) is 12.6. The quantitative estimate of drug-likeness (QED) is 0.805. The first-order valence-electron chi connectivity index (χ1n) is 6.16. The monoisotopic (exact) mass is 317 g/mol. The van der Waals surface area contributed by atoms with Crippen LogP contribution in [0.5, 0.6) is 0 Å². The van der Waals surface area contributed by atoms with Crippen molar-refractivity contribution in [3.8, 4) is 6.07 Å². The molecule has 21 heavy (non-hydrogen) atoms. The first-order valence-corrected chi connectivity index (χ1v) is 8.19. The number of halogens is 1. The number of allylic oxidation sites excluding steroid dienone is 1. The fraction of sp³-hybridized carbons (Fsp3) is 0.0625. The first kappa shape index (κ1) is 15.3. The van der Waals surface area contributed by atoms with Gasteiger partial charge in [-0.15, -0.1) is 0 Å². The van der Waals surface area contributed by atoms with Crippen LogP contribution in [0, 0.1) is 11.3 Å². The molecule has 0 spiro atoms. The lowest BCUT2D eigenvalue weighted by Crippen LogP contribution is -2.06. The molecule has 0 radical (unpaired) electrons. The van der Waals surface area contributed by atoms with E-state index in [-0.39, 0.29) is 10.7 Å². The van der Waals surface area contributed by atoms with Gasteiger partial charge in [0.2, 0.25) is 0 Å². The van der Waals surface area contributed by atoms with Gasteiger partial charge in [0, 0.05) is 5.02 Å². The maximum atomic E-state index is 12.3. The van der Waals surface area contributed by atoms with Gasteiger partial charge < -0.3 is 0 Å². The zero-order valence-electron chi connectivity index (χ0n) is 11.0. The summed E-state index contributed by atoms with van der Waals surface area (Å²) in [6.45, 7) is 0. The summed E-state index contributed by atoms with van der Waals surface area (Å²) in [6, 6.07) is 17.3. The van der Waals surface area contributed by atoms with Crippen molar-refractivity contribution in [3.63, 3.8) is 0 Å². The molecule has 0 heterocycles. The predicted octanol–water partition coefficient (Wildman–Crippen LogP) is 3.82. The molecule has 0 aliphatic carbocycles. The maximum absolute atomic E-state index is 12.3. The molecule has 0 saturated heterocycles. The lowest BCUT2D eigenvalue weighted by atomic mass is 10.2. The highest BCUT2D eigenvalue weighted by Crippen LogP contribution is 2.22. The minimum atomic E-state index is -3.70. The molecule has 5 heteroatoms. The Labute approximate surface area is 129 Å². The highest BCUT2D eigenvalue weighted by molar-refractivity contribution is 7.95. The molecule has 0 amide bonds. The van der Waals surface area contributed by atoms with Crippen molar-refractivity contribution in [2.75, 3.05) is 0 Å². The molecule has 0 atom stereocenters. The summed E-state index contributed by atoms with van der Waals surface area (Å²) in [5.41, 5.74) is 1.14. The van der Waals surface area contributed by atoms with Gasteiger partial charge in [0.05, 0.1) is 5.75 Å². The van der Waals surface area contributed by atoms with Crippen LogP contribution in [0.4, 0.5) is 0 Å². The van der Waals surface area contributed by atoms with Gasteiger partial charge in [-0.1, -0.05) is 60.1 Å². The third-order valence-electron chi connectivity index (χ3n) is 2.84. The molecule has 0 fully saturated rings. The molecule has 2 rings (SSSR count). The lowest BCUT2D eigenvalue weighted by molar-refractivity contribution is 0.602. The fourth-order valence-corrected chi connectivity index (χ4v) is 3.22. The van der Waals surface area contributed by atoms with Crippen LogP contribution < -0.4 is 0 Å². The number of sulfone groups is 1. The molecule has 0 bridgehead atoms. The van der Waals surface area contributed by atoms with E-state index in [0.29, 0.717) is 16.1 Å². The Hall–Kier alpha value is -2.09. The van der Waals surface area contributed by atoms with E-state index in [1.54, 1.807) is 60.7 Å². The Kier molecular flexibility index (Phi) is 4.79.